The highest BCUT2D eigenvalue weighted by Gasteiger charge is 2.05. The summed E-state index contributed by atoms with van der Waals surface area (Å²) < 4.78 is 6.96. The van der Waals surface area contributed by atoms with Gasteiger partial charge in [-0.3, -0.25) is 0 Å². The normalized spacial score (nSPS) is 10.6. The van der Waals surface area contributed by atoms with Gasteiger partial charge in [-0.25, -0.2) is 0 Å². The highest BCUT2D eigenvalue weighted by Crippen LogP contribution is 2.25. The Labute approximate surface area is 133 Å². The zero-order valence-corrected chi connectivity index (χ0v) is 13.5. The van der Waals surface area contributed by atoms with Crippen LogP contribution in [0.2, 0.25) is 5.02 Å². The molecule has 4 heteroatoms. The van der Waals surface area contributed by atoms with Crippen molar-refractivity contribution in [3.8, 4) is 5.75 Å². The van der Waals surface area contributed by atoms with Crippen LogP contribution in [0.15, 0.2) is 46.9 Å². The Morgan fingerprint density at radius 1 is 1.15 bits per heavy atom. The molecule has 2 aromatic carbocycles. The van der Waals surface area contributed by atoms with Crippen molar-refractivity contribution in [2.45, 2.75) is 19.4 Å². The van der Waals surface area contributed by atoms with Gasteiger partial charge < -0.3 is 10.5 Å². The summed E-state index contributed by atoms with van der Waals surface area (Å²) in [5.41, 5.74) is 7.80. The smallest absolute Gasteiger partial charge is 0.123 e. The molecule has 0 aromatic heterocycles. The number of halogens is 2. The Hall–Kier alpha value is -1.03. The van der Waals surface area contributed by atoms with E-state index < -0.39 is 0 Å². The summed E-state index contributed by atoms with van der Waals surface area (Å²) in [7, 11) is 0. The molecule has 106 valence electrons. The Bertz CT molecular complexity index is 574. The molecular formula is C16H17BrClNO. The lowest BCUT2D eigenvalue weighted by molar-refractivity contribution is 0.302. The molecule has 0 radical (unpaired) electrons. The lowest BCUT2D eigenvalue weighted by Gasteiger charge is -2.12. The van der Waals surface area contributed by atoms with E-state index in [0.717, 1.165) is 39.2 Å². The van der Waals surface area contributed by atoms with Gasteiger partial charge >= 0.3 is 0 Å². The van der Waals surface area contributed by atoms with E-state index in [4.69, 9.17) is 22.1 Å². The molecule has 2 nitrogen and oxygen atoms in total. The number of ether oxygens (including phenoxy) is 1. The minimum absolute atomic E-state index is 0.538. The van der Waals surface area contributed by atoms with Crippen molar-refractivity contribution in [1.29, 1.82) is 0 Å². The van der Waals surface area contributed by atoms with Gasteiger partial charge in [0.1, 0.15) is 12.4 Å². The standard InChI is InChI=1S/C16H17BrClNO/c17-14-5-1-3-12(9-14)11-20-16-7-6-15(18)10-13(16)4-2-8-19/h1,3,5-7,9-10H,2,4,8,11,19H2. The molecule has 0 amide bonds. The van der Waals surface area contributed by atoms with E-state index in [1.54, 1.807) is 0 Å². The molecule has 0 saturated heterocycles. The van der Waals surface area contributed by atoms with E-state index in [1.165, 1.54) is 0 Å². The van der Waals surface area contributed by atoms with E-state index in [-0.39, 0.29) is 0 Å². The second-order valence-corrected chi connectivity index (χ2v) is 5.91. The summed E-state index contributed by atoms with van der Waals surface area (Å²) in [6, 6.07) is 13.8. The number of nitrogens with two attached hydrogens (primary N) is 1. The van der Waals surface area contributed by atoms with Crippen molar-refractivity contribution in [3.63, 3.8) is 0 Å². The fourth-order valence-corrected chi connectivity index (χ4v) is 2.61. The monoisotopic (exact) mass is 353 g/mol. The molecule has 0 spiro atoms. The summed E-state index contributed by atoms with van der Waals surface area (Å²) in [6.07, 6.45) is 1.80. The van der Waals surface area contributed by atoms with Gasteiger partial charge in [0.2, 0.25) is 0 Å². The van der Waals surface area contributed by atoms with Gasteiger partial charge in [-0.15, -0.1) is 0 Å². The van der Waals surface area contributed by atoms with Gasteiger partial charge in [0.05, 0.1) is 0 Å². The second-order valence-electron chi connectivity index (χ2n) is 4.56. The van der Waals surface area contributed by atoms with E-state index >= 15 is 0 Å². The first kappa shape index (κ1) is 15.4. The maximum absolute atomic E-state index is 6.04. The van der Waals surface area contributed by atoms with Gasteiger partial charge in [-0.05, 0) is 60.8 Å². The zero-order chi connectivity index (χ0) is 14.4. The van der Waals surface area contributed by atoms with Crippen LogP contribution in [0, 0.1) is 0 Å². The molecule has 0 saturated carbocycles. The summed E-state index contributed by atoms with van der Waals surface area (Å²) in [5.74, 6) is 0.878. The number of benzene rings is 2. The van der Waals surface area contributed by atoms with Crippen LogP contribution in [0.5, 0.6) is 5.75 Å². The van der Waals surface area contributed by atoms with Gasteiger partial charge in [-0.2, -0.15) is 0 Å². The van der Waals surface area contributed by atoms with Crippen LogP contribution in [-0.2, 0) is 13.0 Å². The van der Waals surface area contributed by atoms with Gasteiger partial charge in [0.25, 0.3) is 0 Å². The van der Waals surface area contributed by atoms with E-state index in [1.807, 2.05) is 36.4 Å². The van der Waals surface area contributed by atoms with E-state index in [2.05, 4.69) is 22.0 Å². The topological polar surface area (TPSA) is 35.2 Å². The fraction of sp³-hybridized carbons (Fsp3) is 0.250. The fourth-order valence-electron chi connectivity index (χ4n) is 1.96. The van der Waals surface area contributed by atoms with Crippen molar-refractivity contribution in [2.24, 2.45) is 5.73 Å². The van der Waals surface area contributed by atoms with Gasteiger partial charge in [0, 0.05) is 9.50 Å². The van der Waals surface area contributed by atoms with Crippen LogP contribution in [0.25, 0.3) is 0 Å². The number of hydrogen-bond donors (Lipinski definition) is 1. The molecule has 0 atom stereocenters. The maximum atomic E-state index is 6.04. The van der Waals surface area contributed by atoms with Crippen molar-refractivity contribution in [1.82, 2.24) is 0 Å². The van der Waals surface area contributed by atoms with Gasteiger partial charge in [0.15, 0.2) is 0 Å². The van der Waals surface area contributed by atoms with Crippen LogP contribution in [0.4, 0.5) is 0 Å². The molecule has 0 aliphatic carbocycles. The second kappa shape index (κ2) is 7.67. The van der Waals surface area contributed by atoms with Crippen molar-refractivity contribution < 1.29 is 4.74 Å². The third-order valence-electron chi connectivity index (χ3n) is 2.96. The molecule has 0 aliphatic rings. The predicted octanol–water partition coefficient (Wildman–Crippen LogP) is 4.57. The number of hydrogen-bond acceptors (Lipinski definition) is 2. The molecular weight excluding hydrogens is 338 g/mol. The lowest BCUT2D eigenvalue weighted by atomic mass is 10.1. The van der Waals surface area contributed by atoms with Gasteiger partial charge in [-0.1, -0.05) is 39.7 Å². The van der Waals surface area contributed by atoms with E-state index in [0.29, 0.717) is 13.2 Å². The van der Waals surface area contributed by atoms with Crippen LogP contribution < -0.4 is 10.5 Å². The summed E-state index contributed by atoms with van der Waals surface area (Å²) >= 11 is 9.50. The average molecular weight is 355 g/mol. The Morgan fingerprint density at radius 3 is 2.75 bits per heavy atom. The minimum Gasteiger partial charge on any atom is -0.489 e. The van der Waals surface area contributed by atoms with Crippen LogP contribution in [0.1, 0.15) is 17.5 Å². The molecule has 2 aromatic rings. The third kappa shape index (κ3) is 4.51. The summed E-state index contributed by atoms with van der Waals surface area (Å²) in [6.45, 7) is 1.20. The molecule has 20 heavy (non-hydrogen) atoms. The molecule has 0 heterocycles. The molecule has 0 aliphatic heterocycles. The average Bonchev–Trinajstić information content (AvgIpc) is 2.44. The van der Waals surface area contributed by atoms with Crippen molar-refractivity contribution >= 4 is 27.5 Å². The maximum Gasteiger partial charge on any atom is 0.123 e. The molecule has 2 N–H and O–H groups in total. The first-order chi connectivity index (χ1) is 9.69. The number of rotatable bonds is 6. The SMILES string of the molecule is NCCCc1cc(Cl)ccc1OCc1cccc(Br)c1. The predicted molar refractivity (Wildman–Crippen MR) is 87.3 cm³/mol. The molecule has 0 fully saturated rings. The first-order valence-corrected chi connectivity index (χ1v) is 7.72. The van der Waals surface area contributed by atoms with E-state index in [9.17, 15) is 0 Å². The summed E-state index contributed by atoms with van der Waals surface area (Å²) in [5, 5.41) is 0.729. The van der Waals surface area contributed by atoms with Crippen molar-refractivity contribution in [3.05, 3.63) is 63.1 Å². The van der Waals surface area contributed by atoms with Crippen LogP contribution >= 0.6 is 27.5 Å². The van der Waals surface area contributed by atoms with Crippen LogP contribution in [0.3, 0.4) is 0 Å². The largest absolute Gasteiger partial charge is 0.489 e. The highest BCUT2D eigenvalue weighted by molar-refractivity contribution is 9.10. The Kier molecular flexibility index (Phi) is 5.89. The Balaban J connectivity index is 2.08. The molecule has 0 bridgehead atoms. The van der Waals surface area contributed by atoms with Crippen LogP contribution in [-0.4, -0.2) is 6.54 Å². The Morgan fingerprint density at radius 2 is 2.00 bits per heavy atom. The summed E-state index contributed by atoms with van der Waals surface area (Å²) in [4.78, 5) is 0. The molecule has 2 rings (SSSR count). The third-order valence-corrected chi connectivity index (χ3v) is 3.68. The quantitative estimate of drug-likeness (QED) is 0.824. The minimum atomic E-state index is 0.538. The number of aryl methyl sites for hydroxylation is 1. The first-order valence-electron chi connectivity index (χ1n) is 6.55. The highest BCUT2D eigenvalue weighted by atomic mass is 79.9. The lowest BCUT2D eigenvalue weighted by Crippen LogP contribution is -2.03. The zero-order valence-electron chi connectivity index (χ0n) is 11.1. The van der Waals surface area contributed by atoms with Crippen molar-refractivity contribution in [2.75, 3.05) is 6.54 Å². The molecule has 0 unspecified atom stereocenters.